The Morgan fingerprint density at radius 3 is 2.65 bits per heavy atom. The van der Waals surface area contributed by atoms with Gasteiger partial charge < -0.3 is 25.3 Å². The molecule has 0 aromatic heterocycles. The third kappa shape index (κ3) is 9.43. The minimum Gasteiger partial charge on any atom is -0.406 e. The van der Waals surface area contributed by atoms with Crippen molar-refractivity contribution in [2.75, 3.05) is 26.4 Å². The third-order valence-electron chi connectivity index (χ3n) is 3.47. The van der Waals surface area contributed by atoms with Crippen LogP contribution in [0.2, 0.25) is 0 Å². The van der Waals surface area contributed by atoms with Gasteiger partial charge in [-0.3, -0.25) is 0 Å². The van der Waals surface area contributed by atoms with Crippen LogP contribution in [0.3, 0.4) is 0 Å². The van der Waals surface area contributed by atoms with Gasteiger partial charge in [0.25, 0.3) is 0 Å². The van der Waals surface area contributed by atoms with Crippen molar-refractivity contribution in [3.8, 4) is 5.75 Å². The van der Waals surface area contributed by atoms with Crippen molar-refractivity contribution in [1.29, 1.82) is 0 Å². The number of nitrogens with one attached hydrogen (secondary N) is 1. The van der Waals surface area contributed by atoms with Gasteiger partial charge >= 0.3 is 6.36 Å². The number of hydrogen-bond donors (Lipinski definition) is 2. The first-order valence-corrected chi connectivity index (χ1v) is 8.00. The van der Waals surface area contributed by atoms with Crippen molar-refractivity contribution in [2.45, 2.75) is 31.9 Å². The fourth-order valence-corrected chi connectivity index (χ4v) is 2.27. The van der Waals surface area contributed by atoms with E-state index < -0.39 is 6.36 Å². The average molecular weight is 489 g/mol. The Bertz CT molecular complexity index is 550. The number of benzene rings is 1. The summed E-state index contributed by atoms with van der Waals surface area (Å²) >= 11 is 0. The lowest BCUT2D eigenvalue weighted by Crippen LogP contribution is -2.34. The molecule has 6 nitrogen and oxygen atoms in total. The Kier molecular flexibility index (Phi) is 10.0. The zero-order chi connectivity index (χ0) is 18.1. The summed E-state index contributed by atoms with van der Waals surface area (Å²) in [6.45, 7) is 2.63. The fourth-order valence-electron chi connectivity index (χ4n) is 2.27. The molecule has 0 saturated carbocycles. The highest BCUT2D eigenvalue weighted by molar-refractivity contribution is 14.0. The van der Waals surface area contributed by atoms with Crippen LogP contribution in [0.1, 0.15) is 18.4 Å². The Hall–Kier alpha value is -1.27. The van der Waals surface area contributed by atoms with E-state index in [1.807, 2.05) is 0 Å². The molecule has 148 valence electrons. The summed E-state index contributed by atoms with van der Waals surface area (Å²) in [6, 6.07) is 5.48. The van der Waals surface area contributed by atoms with Gasteiger partial charge in [-0.05, 0) is 30.5 Å². The lowest BCUT2D eigenvalue weighted by atomic mass is 10.2. The number of hydrogen-bond acceptors (Lipinski definition) is 4. The maximum Gasteiger partial charge on any atom is 0.573 e. The van der Waals surface area contributed by atoms with Crippen LogP contribution in [-0.4, -0.2) is 44.8 Å². The van der Waals surface area contributed by atoms with Crippen molar-refractivity contribution < 1.29 is 27.4 Å². The summed E-state index contributed by atoms with van der Waals surface area (Å²) in [4.78, 5) is 4.11. The van der Waals surface area contributed by atoms with E-state index in [1.165, 1.54) is 24.3 Å². The minimum atomic E-state index is -4.69. The van der Waals surface area contributed by atoms with Gasteiger partial charge in [0.2, 0.25) is 0 Å². The van der Waals surface area contributed by atoms with Crippen LogP contribution in [0.5, 0.6) is 5.75 Å². The van der Waals surface area contributed by atoms with E-state index in [2.05, 4.69) is 15.0 Å². The highest BCUT2D eigenvalue weighted by atomic mass is 127. The molecule has 1 heterocycles. The first kappa shape index (κ1) is 22.8. The molecular formula is C16H23F3IN3O3. The number of rotatable bonds is 8. The number of aliphatic imine (C=N–C) groups is 1. The standard InChI is InChI=1S/C16H22F3N3O3.HI/c17-16(18,19)25-13-5-3-12(4-6-13)10-22-15(20)21-7-9-23-11-14-2-1-8-24-14;/h3-6,14H,1-2,7-11H2,(H3,20,21,22);1H. The molecule has 0 amide bonds. The van der Waals surface area contributed by atoms with E-state index >= 15 is 0 Å². The van der Waals surface area contributed by atoms with Gasteiger partial charge in [0.05, 0.1) is 25.9 Å². The number of alkyl halides is 3. The zero-order valence-electron chi connectivity index (χ0n) is 14.1. The van der Waals surface area contributed by atoms with E-state index in [-0.39, 0.29) is 48.3 Å². The van der Waals surface area contributed by atoms with Crippen molar-refractivity contribution in [2.24, 2.45) is 10.7 Å². The summed E-state index contributed by atoms with van der Waals surface area (Å²) in [5.74, 6) is -0.0222. The van der Waals surface area contributed by atoms with Crippen LogP contribution in [0.15, 0.2) is 29.3 Å². The smallest absolute Gasteiger partial charge is 0.406 e. The molecule has 1 aliphatic heterocycles. The lowest BCUT2D eigenvalue weighted by molar-refractivity contribution is -0.274. The van der Waals surface area contributed by atoms with Gasteiger partial charge in [0.15, 0.2) is 5.96 Å². The maximum absolute atomic E-state index is 12.1. The zero-order valence-corrected chi connectivity index (χ0v) is 16.5. The lowest BCUT2D eigenvalue weighted by Gasteiger charge is -2.11. The fraction of sp³-hybridized carbons (Fsp3) is 0.562. The second-order valence-electron chi connectivity index (χ2n) is 5.53. The van der Waals surface area contributed by atoms with E-state index in [0.29, 0.717) is 25.3 Å². The number of ether oxygens (including phenoxy) is 3. The van der Waals surface area contributed by atoms with Gasteiger partial charge in [-0.1, -0.05) is 12.1 Å². The number of nitrogens with two attached hydrogens (primary N) is 1. The van der Waals surface area contributed by atoms with Gasteiger partial charge in [-0.15, -0.1) is 37.1 Å². The molecule has 2 rings (SSSR count). The topological polar surface area (TPSA) is 78.1 Å². The molecule has 1 atom stereocenters. The van der Waals surface area contributed by atoms with E-state index in [0.717, 1.165) is 19.4 Å². The minimum absolute atomic E-state index is 0. The molecule has 3 N–H and O–H groups in total. The Balaban J connectivity index is 0.00000338. The molecule has 26 heavy (non-hydrogen) atoms. The number of nitrogens with zero attached hydrogens (tertiary/aromatic N) is 1. The second kappa shape index (κ2) is 11.4. The maximum atomic E-state index is 12.1. The third-order valence-corrected chi connectivity index (χ3v) is 3.47. The van der Waals surface area contributed by atoms with E-state index in [4.69, 9.17) is 15.2 Å². The largest absolute Gasteiger partial charge is 0.573 e. The number of halogens is 4. The van der Waals surface area contributed by atoms with Crippen molar-refractivity contribution in [1.82, 2.24) is 5.32 Å². The van der Waals surface area contributed by atoms with Crippen molar-refractivity contribution in [3.05, 3.63) is 29.8 Å². The first-order valence-electron chi connectivity index (χ1n) is 8.00. The summed E-state index contributed by atoms with van der Waals surface area (Å²) in [5, 5.41) is 2.91. The molecule has 0 radical (unpaired) electrons. The van der Waals surface area contributed by atoms with Gasteiger partial charge in [-0.2, -0.15) is 0 Å². The van der Waals surface area contributed by atoms with Gasteiger partial charge in [0.1, 0.15) is 5.75 Å². The monoisotopic (exact) mass is 489 g/mol. The van der Waals surface area contributed by atoms with Crippen LogP contribution in [0, 0.1) is 0 Å². The molecule has 1 fully saturated rings. The second-order valence-corrected chi connectivity index (χ2v) is 5.53. The molecule has 1 aromatic carbocycles. The Morgan fingerprint density at radius 1 is 1.31 bits per heavy atom. The molecule has 10 heteroatoms. The van der Waals surface area contributed by atoms with Gasteiger partial charge in [0, 0.05) is 13.2 Å². The van der Waals surface area contributed by atoms with E-state index in [9.17, 15) is 13.2 Å². The molecule has 1 unspecified atom stereocenters. The predicted molar refractivity (Wildman–Crippen MR) is 102 cm³/mol. The molecule has 0 spiro atoms. The summed E-state index contributed by atoms with van der Waals surface area (Å²) < 4.78 is 50.9. The SMILES string of the molecule is I.NC(=NCc1ccc(OC(F)(F)F)cc1)NCCOCC1CCCO1. The van der Waals surface area contributed by atoms with Crippen LogP contribution < -0.4 is 15.8 Å². The highest BCUT2D eigenvalue weighted by Gasteiger charge is 2.30. The normalized spacial score (nSPS) is 17.7. The quantitative estimate of drug-likeness (QED) is 0.254. The molecule has 1 aromatic rings. The van der Waals surface area contributed by atoms with Crippen LogP contribution in [-0.2, 0) is 16.0 Å². The highest BCUT2D eigenvalue weighted by Crippen LogP contribution is 2.22. The van der Waals surface area contributed by atoms with Crippen LogP contribution in [0.25, 0.3) is 0 Å². The molecule has 1 saturated heterocycles. The van der Waals surface area contributed by atoms with Crippen molar-refractivity contribution >= 4 is 29.9 Å². The van der Waals surface area contributed by atoms with Crippen molar-refractivity contribution in [3.63, 3.8) is 0 Å². The Morgan fingerprint density at radius 2 is 2.04 bits per heavy atom. The van der Waals surface area contributed by atoms with Crippen LogP contribution in [0.4, 0.5) is 13.2 Å². The van der Waals surface area contributed by atoms with Crippen LogP contribution >= 0.6 is 24.0 Å². The summed E-state index contributed by atoms with van der Waals surface area (Å²) in [7, 11) is 0. The summed E-state index contributed by atoms with van der Waals surface area (Å²) in [5.41, 5.74) is 6.44. The Labute approximate surface area is 167 Å². The molecular weight excluding hydrogens is 466 g/mol. The number of guanidine groups is 1. The predicted octanol–water partition coefficient (Wildman–Crippen LogP) is 2.80. The summed E-state index contributed by atoms with van der Waals surface area (Å²) in [6.07, 6.45) is -2.39. The average Bonchev–Trinajstić information content (AvgIpc) is 3.06. The molecule has 0 aliphatic carbocycles. The first-order chi connectivity index (χ1) is 11.9. The molecule has 1 aliphatic rings. The molecule has 0 bridgehead atoms. The van der Waals surface area contributed by atoms with Gasteiger partial charge in [-0.25, -0.2) is 4.99 Å². The van der Waals surface area contributed by atoms with E-state index in [1.54, 1.807) is 0 Å².